The lowest BCUT2D eigenvalue weighted by Gasteiger charge is -2.21. The molecule has 0 aliphatic heterocycles. The molecule has 0 radical (unpaired) electrons. The van der Waals surface area contributed by atoms with Crippen LogP contribution in [-0.4, -0.2) is 24.9 Å². The zero-order chi connectivity index (χ0) is 62.2. The number of furan rings is 1. The van der Waals surface area contributed by atoms with Gasteiger partial charge < -0.3 is 8.83 Å². The number of oxazole rings is 1. The molecule has 7 nitrogen and oxygen atoms in total. The highest BCUT2D eigenvalue weighted by molar-refractivity contribution is 6.30. The minimum absolute atomic E-state index is 0.454. The molecule has 2 aliphatic rings. The summed E-state index contributed by atoms with van der Waals surface area (Å²) in [5, 5.41) is 10.5. The average molecular weight is 1210 g/mol. The Labute approximate surface area is 545 Å². The third-order valence-corrected chi connectivity index (χ3v) is 19.6. The van der Waals surface area contributed by atoms with Crippen LogP contribution in [0.15, 0.2) is 307 Å². The van der Waals surface area contributed by atoms with Gasteiger partial charge in [-0.3, -0.25) is 9.97 Å². The lowest BCUT2D eigenvalue weighted by Crippen LogP contribution is -1.96. The van der Waals surface area contributed by atoms with Gasteiger partial charge in [0, 0.05) is 41.4 Å². The molecule has 6 heterocycles. The lowest BCUT2D eigenvalue weighted by atomic mass is 9.82. The number of pyridine rings is 4. The molecule has 0 unspecified atom stereocenters. The van der Waals surface area contributed by atoms with Crippen LogP contribution in [0.3, 0.4) is 0 Å². The summed E-state index contributed by atoms with van der Waals surface area (Å²) in [7, 11) is 0. The maximum atomic E-state index is 6.76. The summed E-state index contributed by atoms with van der Waals surface area (Å²) in [6, 6.07) is 100. The first-order valence-corrected chi connectivity index (χ1v) is 32.2. The van der Waals surface area contributed by atoms with Gasteiger partial charge in [-0.1, -0.05) is 231 Å². The van der Waals surface area contributed by atoms with Crippen molar-refractivity contribution in [2.75, 3.05) is 0 Å². The van der Waals surface area contributed by atoms with E-state index in [1.165, 1.54) is 105 Å². The van der Waals surface area contributed by atoms with E-state index in [9.17, 15) is 0 Å². The monoisotopic (exact) mass is 1210 g/mol. The smallest absolute Gasteiger partial charge is 0.199 e. The van der Waals surface area contributed by atoms with Gasteiger partial charge in [-0.05, 0) is 180 Å². The summed E-state index contributed by atoms with van der Waals surface area (Å²) in [6.07, 6.45) is 5.75. The summed E-state index contributed by atoms with van der Waals surface area (Å²) in [6.45, 7) is 0. The predicted molar refractivity (Wildman–Crippen MR) is 387 cm³/mol. The van der Waals surface area contributed by atoms with Crippen LogP contribution in [0, 0.1) is 0 Å². The van der Waals surface area contributed by atoms with Crippen LogP contribution in [0.5, 0.6) is 0 Å². The molecular formula is C88H51N5O2. The zero-order valence-corrected chi connectivity index (χ0v) is 51.0. The topological polar surface area (TPSA) is 90.7 Å². The van der Waals surface area contributed by atoms with Gasteiger partial charge in [0.05, 0.1) is 34.7 Å². The highest BCUT2D eigenvalue weighted by Crippen LogP contribution is 2.61. The molecule has 0 bridgehead atoms. The normalized spacial score (nSPS) is 12.0. The quantitative estimate of drug-likeness (QED) is 0.135. The maximum Gasteiger partial charge on any atom is 0.199 e. The molecule has 2 aliphatic carbocycles. The van der Waals surface area contributed by atoms with Gasteiger partial charge in [-0.25, -0.2) is 15.0 Å². The fourth-order valence-corrected chi connectivity index (χ4v) is 15.7. The van der Waals surface area contributed by atoms with Crippen molar-refractivity contribution in [3.63, 3.8) is 0 Å². The SMILES string of the molecule is c1ccc(-c2c3c(c(-c4ccccc4)c4cc(Cc5nc6c(-c7cccc(-c8ccc9c%10c(cccc8%10)-c8c-9c(-c9ccccc9)c9ccccc9c8-c8ccccc8)n7)nccc6o5)ccc24)-c2cccc4c(-c5cccc(-c6nccc7occc67)n5)ccc-3c24)cc1. The fourth-order valence-electron chi connectivity index (χ4n) is 15.7. The van der Waals surface area contributed by atoms with Gasteiger partial charge in [0.2, 0.25) is 0 Å². The van der Waals surface area contributed by atoms with Crippen molar-refractivity contribution in [1.82, 2.24) is 24.9 Å². The molecule has 440 valence electrons. The van der Waals surface area contributed by atoms with Gasteiger partial charge in [-0.15, -0.1) is 0 Å². The molecule has 0 saturated heterocycles. The van der Waals surface area contributed by atoms with E-state index in [4.69, 9.17) is 33.8 Å². The van der Waals surface area contributed by atoms with Crippen LogP contribution >= 0.6 is 0 Å². The number of aromatic nitrogens is 5. The summed E-state index contributed by atoms with van der Waals surface area (Å²) < 4.78 is 12.5. The molecule has 0 atom stereocenters. The molecule has 20 rings (SSSR count). The Kier molecular flexibility index (Phi) is 11.7. The van der Waals surface area contributed by atoms with Crippen molar-refractivity contribution in [2.24, 2.45) is 0 Å². The van der Waals surface area contributed by atoms with E-state index < -0.39 is 0 Å². The van der Waals surface area contributed by atoms with Crippen molar-refractivity contribution < 1.29 is 8.83 Å². The van der Waals surface area contributed by atoms with Crippen LogP contribution in [0.2, 0.25) is 0 Å². The average Bonchev–Trinajstić information content (AvgIpc) is 1.57. The number of nitrogens with zero attached hydrogens (tertiary/aromatic N) is 5. The Morgan fingerprint density at radius 3 is 1.23 bits per heavy atom. The Morgan fingerprint density at radius 1 is 0.274 bits per heavy atom. The number of benzene rings is 12. The first-order chi connectivity index (χ1) is 47.1. The zero-order valence-electron chi connectivity index (χ0n) is 51.0. The molecule has 7 heteroatoms. The van der Waals surface area contributed by atoms with Crippen LogP contribution < -0.4 is 0 Å². The largest absolute Gasteiger partial charge is 0.464 e. The van der Waals surface area contributed by atoms with E-state index >= 15 is 0 Å². The molecular weight excluding hydrogens is 1160 g/mol. The van der Waals surface area contributed by atoms with Crippen molar-refractivity contribution in [1.29, 1.82) is 0 Å². The Morgan fingerprint density at radius 2 is 0.695 bits per heavy atom. The number of hydrogen-bond donors (Lipinski definition) is 0. The van der Waals surface area contributed by atoms with Gasteiger partial charge in [0.15, 0.2) is 11.5 Å². The second kappa shape index (κ2) is 20.9. The first kappa shape index (κ1) is 53.0. The highest BCUT2D eigenvalue weighted by atomic mass is 16.3. The van der Waals surface area contributed by atoms with Gasteiger partial charge >= 0.3 is 0 Å². The lowest BCUT2D eigenvalue weighted by molar-refractivity contribution is 0.544. The summed E-state index contributed by atoms with van der Waals surface area (Å²) in [5.74, 6) is 0.597. The van der Waals surface area contributed by atoms with Crippen LogP contribution in [0.25, 0.3) is 199 Å². The molecule has 18 aromatic rings. The second-order valence-electron chi connectivity index (χ2n) is 24.8. The summed E-state index contributed by atoms with van der Waals surface area (Å²) in [5.41, 5.74) is 29.4. The third-order valence-electron chi connectivity index (χ3n) is 19.6. The molecule has 95 heavy (non-hydrogen) atoms. The van der Waals surface area contributed by atoms with E-state index in [2.05, 4.69) is 249 Å². The van der Waals surface area contributed by atoms with Crippen LogP contribution in [0.1, 0.15) is 11.5 Å². The highest BCUT2D eigenvalue weighted by Gasteiger charge is 2.34. The van der Waals surface area contributed by atoms with Crippen molar-refractivity contribution in [3.05, 3.63) is 309 Å². The van der Waals surface area contributed by atoms with Crippen LogP contribution in [0.4, 0.5) is 0 Å². The van der Waals surface area contributed by atoms with Crippen molar-refractivity contribution in [3.8, 4) is 134 Å². The van der Waals surface area contributed by atoms with E-state index in [-0.39, 0.29) is 0 Å². The first-order valence-electron chi connectivity index (χ1n) is 32.2. The molecule has 0 spiro atoms. The number of fused-ring (bicyclic) bond motifs is 10. The van der Waals surface area contributed by atoms with Gasteiger partial charge in [0.25, 0.3) is 0 Å². The Balaban J connectivity index is 0.700. The Bertz CT molecular complexity index is 6140. The molecule has 0 saturated carbocycles. The van der Waals surface area contributed by atoms with Crippen LogP contribution in [-0.2, 0) is 6.42 Å². The molecule has 6 aromatic heterocycles. The van der Waals surface area contributed by atoms with E-state index in [0.717, 1.165) is 83.4 Å². The molecule has 0 N–H and O–H groups in total. The molecule has 12 aromatic carbocycles. The van der Waals surface area contributed by atoms with E-state index in [1.54, 1.807) is 18.7 Å². The maximum absolute atomic E-state index is 6.76. The van der Waals surface area contributed by atoms with Gasteiger partial charge in [0.1, 0.15) is 16.8 Å². The Hall–Kier alpha value is -12.7. The van der Waals surface area contributed by atoms with E-state index in [0.29, 0.717) is 29.1 Å². The number of hydrogen-bond acceptors (Lipinski definition) is 7. The minimum Gasteiger partial charge on any atom is -0.464 e. The minimum atomic E-state index is 0.454. The van der Waals surface area contributed by atoms with Gasteiger partial charge in [-0.2, -0.15) is 0 Å². The summed E-state index contributed by atoms with van der Waals surface area (Å²) >= 11 is 0. The van der Waals surface area contributed by atoms with Crippen molar-refractivity contribution >= 4 is 65.2 Å². The van der Waals surface area contributed by atoms with Crippen molar-refractivity contribution in [2.45, 2.75) is 6.42 Å². The summed E-state index contributed by atoms with van der Waals surface area (Å²) in [4.78, 5) is 25.9. The number of rotatable bonds is 10. The standard InChI is InChI=1S/C88H51N5O2/c1-5-19-52(20-6-1)76-60-27-13-14-28-61(60)77(53-21-7-2-8-22-53)84-66-41-40-57(59-29-15-31-64(80(59)66)82(76)84)70-34-18-36-72(92-70)87-88-74(44-47-90-87)95-75(93-88)50-51-37-38-62-68(49-51)79(55-25-11-4-12-26-55)83-65-32-16-30-58-56(39-42-67(81(58)65)85(83)78(62)54-23-9-3-10-24-54)69-33-17-35-71(91-69)86-63-45-48-94-73(63)43-46-89-86/h1-49H,50H2. The predicted octanol–water partition coefficient (Wildman–Crippen LogP) is 23.0. The fraction of sp³-hybridized carbons (Fsp3) is 0.0114. The van der Waals surface area contributed by atoms with E-state index in [1.807, 2.05) is 30.3 Å². The molecule has 0 fully saturated rings. The molecule has 0 amide bonds. The third kappa shape index (κ3) is 8.09. The second-order valence-corrected chi connectivity index (χ2v) is 24.8.